The predicted octanol–water partition coefficient (Wildman–Crippen LogP) is 3.37. The van der Waals surface area contributed by atoms with E-state index in [-0.39, 0.29) is 0 Å². The molecular formula is C12H18N2. The van der Waals surface area contributed by atoms with Crippen LogP contribution in [-0.4, -0.2) is 11.2 Å². The van der Waals surface area contributed by atoms with Crippen LogP contribution in [0.4, 0.5) is 0 Å². The van der Waals surface area contributed by atoms with Gasteiger partial charge in [0.15, 0.2) is 0 Å². The van der Waals surface area contributed by atoms with E-state index < -0.39 is 0 Å². The van der Waals surface area contributed by atoms with Crippen LogP contribution in [0.1, 0.15) is 50.4 Å². The van der Waals surface area contributed by atoms with Gasteiger partial charge in [-0.25, -0.2) is 0 Å². The summed E-state index contributed by atoms with van der Waals surface area (Å²) in [6, 6.07) is 5.92. The second kappa shape index (κ2) is 5.53. The zero-order valence-electron chi connectivity index (χ0n) is 8.96. The molecule has 1 unspecified atom stereocenters. The van der Waals surface area contributed by atoms with Crippen LogP contribution >= 0.6 is 0 Å². The molecular weight excluding hydrogens is 172 g/mol. The van der Waals surface area contributed by atoms with E-state index in [1.807, 2.05) is 12.1 Å². The molecule has 0 saturated heterocycles. The molecule has 0 bridgehead atoms. The quantitative estimate of drug-likeness (QED) is 0.710. The lowest BCUT2D eigenvalue weighted by Gasteiger charge is -2.13. The summed E-state index contributed by atoms with van der Waals surface area (Å²) in [5.74, 6) is 0.555. The Balaban J connectivity index is 2.86. The van der Waals surface area contributed by atoms with Gasteiger partial charge in [-0.15, -0.1) is 0 Å². The maximum atomic E-state index is 7.15. The van der Waals surface area contributed by atoms with Gasteiger partial charge in [-0.2, -0.15) is 0 Å². The van der Waals surface area contributed by atoms with Crippen LogP contribution in [0.2, 0.25) is 0 Å². The Morgan fingerprint density at radius 2 is 2.21 bits per heavy atom. The number of pyridine rings is 1. The van der Waals surface area contributed by atoms with Crippen molar-refractivity contribution in [2.24, 2.45) is 0 Å². The van der Waals surface area contributed by atoms with Crippen molar-refractivity contribution in [2.45, 2.75) is 39.0 Å². The van der Waals surface area contributed by atoms with Crippen LogP contribution in [0.25, 0.3) is 0 Å². The Kier molecular flexibility index (Phi) is 4.30. The van der Waals surface area contributed by atoms with Crippen molar-refractivity contribution in [2.75, 3.05) is 0 Å². The fraction of sp³-hybridized carbons (Fsp3) is 0.500. The summed E-state index contributed by atoms with van der Waals surface area (Å²) in [5, 5.41) is 7.15. The van der Waals surface area contributed by atoms with Crippen molar-refractivity contribution in [1.82, 2.24) is 4.98 Å². The lowest BCUT2D eigenvalue weighted by atomic mass is 9.96. The molecule has 0 fully saturated rings. The SMILES string of the molecule is CCCC(CC)c1cccc(C=N)n1. The average molecular weight is 190 g/mol. The zero-order chi connectivity index (χ0) is 10.4. The normalized spacial score (nSPS) is 12.4. The van der Waals surface area contributed by atoms with Crippen LogP contribution in [0.5, 0.6) is 0 Å². The summed E-state index contributed by atoms with van der Waals surface area (Å²) in [5.41, 5.74) is 1.90. The lowest BCUT2D eigenvalue weighted by Crippen LogP contribution is -2.01. The molecule has 0 aliphatic heterocycles. The van der Waals surface area contributed by atoms with Gasteiger partial charge in [0.25, 0.3) is 0 Å². The first-order valence-corrected chi connectivity index (χ1v) is 5.29. The highest BCUT2D eigenvalue weighted by Crippen LogP contribution is 2.22. The number of rotatable bonds is 5. The minimum atomic E-state index is 0.555. The van der Waals surface area contributed by atoms with Crippen LogP contribution < -0.4 is 0 Å². The molecule has 0 aliphatic rings. The molecule has 1 atom stereocenters. The molecule has 2 nitrogen and oxygen atoms in total. The number of aromatic nitrogens is 1. The van der Waals surface area contributed by atoms with Crippen LogP contribution in [0, 0.1) is 5.41 Å². The average Bonchev–Trinajstić information content (AvgIpc) is 2.26. The summed E-state index contributed by atoms with van der Waals surface area (Å²) < 4.78 is 0. The molecule has 14 heavy (non-hydrogen) atoms. The third-order valence-electron chi connectivity index (χ3n) is 2.49. The predicted molar refractivity (Wildman–Crippen MR) is 60.1 cm³/mol. The molecule has 0 aliphatic carbocycles. The van der Waals surface area contributed by atoms with E-state index in [1.54, 1.807) is 0 Å². The highest BCUT2D eigenvalue weighted by Gasteiger charge is 2.09. The number of hydrogen-bond acceptors (Lipinski definition) is 2. The third-order valence-corrected chi connectivity index (χ3v) is 2.49. The van der Waals surface area contributed by atoms with E-state index in [0.717, 1.165) is 17.8 Å². The van der Waals surface area contributed by atoms with Crippen molar-refractivity contribution in [3.05, 3.63) is 29.6 Å². The summed E-state index contributed by atoms with van der Waals surface area (Å²) in [6.07, 6.45) is 4.81. The van der Waals surface area contributed by atoms with Crippen molar-refractivity contribution < 1.29 is 0 Å². The van der Waals surface area contributed by atoms with E-state index in [4.69, 9.17) is 5.41 Å². The van der Waals surface area contributed by atoms with Gasteiger partial charge in [0.1, 0.15) is 0 Å². The van der Waals surface area contributed by atoms with Gasteiger partial charge < -0.3 is 5.41 Å². The molecule has 76 valence electrons. The Morgan fingerprint density at radius 1 is 1.43 bits per heavy atom. The van der Waals surface area contributed by atoms with E-state index in [0.29, 0.717) is 5.92 Å². The smallest absolute Gasteiger partial charge is 0.0808 e. The summed E-state index contributed by atoms with van der Waals surface area (Å²) >= 11 is 0. The Hall–Kier alpha value is -1.18. The largest absolute Gasteiger partial charge is 0.307 e. The Bertz CT molecular complexity index is 294. The first kappa shape index (κ1) is 10.9. The van der Waals surface area contributed by atoms with Gasteiger partial charge >= 0.3 is 0 Å². The Morgan fingerprint density at radius 3 is 2.79 bits per heavy atom. The van der Waals surface area contributed by atoms with Crippen LogP contribution in [-0.2, 0) is 0 Å². The highest BCUT2D eigenvalue weighted by molar-refractivity contribution is 5.73. The maximum Gasteiger partial charge on any atom is 0.0808 e. The van der Waals surface area contributed by atoms with E-state index >= 15 is 0 Å². The maximum absolute atomic E-state index is 7.15. The summed E-state index contributed by atoms with van der Waals surface area (Å²) in [6.45, 7) is 4.39. The van der Waals surface area contributed by atoms with E-state index in [1.165, 1.54) is 19.1 Å². The second-order valence-corrected chi connectivity index (χ2v) is 3.53. The van der Waals surface area contributed by atoms with Gasteiger partial charge in [-0.3, -0.25) is 4.98 Å². The topological polar surface area (TPSA) is 36.7 Å². The molecule has 0 radical (unpaired) electrons. The third kappa shape index (κ3) is 2.66. The number of hydrogen-bond donors (Lipinski definition) is 1. The van der Waals surface area contributed by atoms with Gasteiger partial charge in [-0.05, 0) is 25.0 Å². The van der Waals surface area contributed by atoms with Crippen molar-refractivity contribution in [3.63, 3.8) is 0 Å². The van der Waals surface area contributed by atoms with Crippen molar-refractivity contribution >= 4 is 6.21 Å². The van der Waals surface area contributed by atoms with Gasteiger partial charge in [-0.1, -0.05) is 26.3 Å². The second-order valence-electron chi connectivity index (χ2n) is 3.53. The molecule has 0 saturated carbocycles. The van der Waals surface area contributed by atoms with Crippen LogP contribution in [0.3, 0.4) is 0 Å². The standard InChI is InChI=1S/C12H18N2/c1-3-6-10(4-2)12-8-5-7-11(9-13)14-12/h5,7-10,13H,3-4,6H2,1-2H3. The van der Waals surface area contributed by atoms with Crippen molar-refractivity contribution in [3.8, 4) is 0 Å². The first-order chi connectivity index (χ1) is 6.81. The molecule has 1 aromatic heterocycles. The molecule has 0 aromatic carbocycles. The molecule has 2 heteroatoms. The molecule has 1 rings (SSSR count). The van der Waals surface area contributed by atoms with Crippen LogP contribution in [0.15, 0.2) is 18.2 Å². The van der Waals surface area contributed by atoms with Gasteiger partial charge in [0.05, 0.1) is 5.69 Å². The molecule has 0 spiro atoms. The minimum Gasteiger partial charge on any atom is -0.307 e. The monoisotopic (exact) mass is 190 g/mol. The Labute approximate surface area is 85.9 Å². The zero-order valence-corrected chi connectivity index (χ0v) is 8.96. The van der Waals surface area contributed by atoms with E-state index in [9.17, 15) is 0 Å². The minimum absolute atomic E-state index is 0.555. The number of nitrogens with one attached hydrogen (secondary N) is 1. The van der Waals surface area contributed by atoms with Gasteiger partial charge in [0, 0.05) is 17.8 Å². The first-order valence-electron chi connectivity index (χ1n) is 5.29. The fourth-order valence-electron chi connectivity index (χ4n) is 1.69. The van der Waals surface area contributed by atoms with E-state index in [2.05, 4.69) is 24.9 Å². The fourth-order valence-corrected chi connectivity index (χ4v) is 1.69. The molecule has 0 amide bonds. The van der Waals surface area contributed by atoms with Crippen molar-refractivity contribution in [1.29, 1.82) is 5.41 Å². The molecule has 1 aromatic rings. The number of nitrogens with zero attached hydrogens (tertiary/aromatic N) is 1. The summed E-state index contributed by atoms with van der Waals surface area (Å²) in [4.78, 5) is 4.44. The summed E-state index contributed by atoms with van der Waals surface area (Å²) in [7, 11) is 0. The highest BCUT2D eigenvalue weighted by atomic mass is 14.7. The van der Waals surface area contributed by atoms with Gasteiger partial charge in [0.2, 0.25) is 0 Å². The molecule has 1 N–H and O–H groups in total. The lowest BCUT2D eigenvalue weighted by molar-refractivity contribution is 0.581. The molecule has 1 heterocycles.